The number of anilines is 2. The molecule has 1 atom stereocenters. The molecule has 144 valence electrons. The number of hydrogen-bond donors (Lipinski definition) is 2. The highest BCUT2D eigenvalue weighted by Gasteiger charge is 2.18. The van der Waals surface area contributed by atoms with Crippen molar-refractivity contribution in [1.29, 1.82) is 0 Å². The summed E-state index contributed by atoms with van der Waals surface area (Å²) in [5.74, 6) is -0.203. The van der Waals surface area contributed by atoms with Crippen LogP contribution in [-0.2, 0) is 4.79 Å². The molecule has 0 spiro atoms. The Kier molecular flexibility index (Phi) is 6.47. The molecule has 10 heteroatoms. The minimum atomic E-state index is -2.92. The highest BCUT2D eigenvalue weighted by atomic mass is 19.3. The lowest BCUT2D eigenvalue weighted by atomic mass is 10.2. The number of ether oxygens (including phenoxy) is 2. The van der Waals surface area contributed by atoms with Gasteiger partial charge in [0.25, 0.3) is 5.69 Å². The fourth-order valence-electron chi connectivity index (χ4n) is 2.20. The van der Waals surface area contributed by atoms with Gasteiger partial charge in [-0.25, -0.2) is 0 Å². The van der Waals surface area contributed by atoms with E-state index in [4.69, 9.17) is 4.74 Å². The number of carbonyl (C=O) groups is 1. The van der Waals surface area contributed by atoms with Crippen molar-refractivity contribution < 1.29 is 28.0 Å². The van der Waals surface area contributed by atoms with Crippen LogP contribution in [0.15, 0.2) is 42.5 Å². The predicted octanol–water partition coefficient (Wildman–Crippen LogP) is 3.64. The van der Waals surface area contributed by atoms with Gasteiger partial charge in [0.15, 0.2) is 0 Å². The monoisotopic (exact) mass is 381 g/mol. The third-order valence-corrected chi connectivity index (χ3v) is 3.51. The number of hydrogen-bond acceptors (Lipinski definition) is 6. The molecule has 0 aliphatic rings. The van der Waals surface area contributed by atoms with Crippen molar-refractivity contribution in [3.8, 4) is 11.5 Å². The first-order valence-electron chi connectivity index (χ1n) is 7.75. The quantitative estimate of drug-likeness (QED) is 0.535. The topological polar surface area (TPSA) is 103 Å². The van der Waals surface area contributed by atoms with E-state index in [1.165, 1.54) is 49.6 Å². The van der Waals surface area contributed by atoms with E-state index in [0.29, 0.717) is 5.69 Å². The number of carbonyl (C=O) groups excluding carboxylic acids is 1. The second-order valence-electron chi connectivity index (χ2n) is 5.40. The van der Waals surface area contributed by atoms with Crippen LogP contribution in [0.4, 0.5) is 25.8 Å². The Morgan fingerprint density at radius 1 is 1.19 bits per heavy atom. The Bertz CT molecular complexity index is 815. The maximum Gasteiger partial charge on any atom is 0.387 e. The zero-order chi connectivity index (χ0) is 20.0. The van der Waals surface area contributed by atoms with Crippen LogP contribution < -0.4 is 20.1 Å². The van der Waals surface area contributed by atoms with Crippen molar-refractivity contribution in [2.45, 2.75) is 19.6 Å². The molecule has 8 nitrogen and oxygen atoms in total. The van der Waals surface area contributed by atoms with E-state index >= 15 is 0 Å². The molecule has 0 saturated heterocycles. The molecule has 0 fully saturated rings. The molecular weight excluding hydrogens is 364 g/mol. The predicted molar refractivity (Wildman–Crippen MR) is 94.4 cm³/mol. The van der Waals surface area contributed by atoms with Gasteiger partial charge in [-0.2, -0.15) is 8.78 Å². The highest BCUT2D eigenvalue weighted by Crippen LogP contribution is 2.29. The van der Waals surface area contributed by atoms with E-state index in [-0.39, 0.29) is 22.9 Å². The van der Waals surface area contributed by atoms with Gasteiger partial charge in [-0.15, -0.1) is 0 Å². The van der Waals surface area contributed by atoms with Gasteiger partial charge in [0.2, 0.25) is 5.91 Å². The van der Waals surface area contributed by atoms with Gasteiger partial charge in [-0.05, 0) is 37.3 Å². The summed E-state index contributed by atoms with van der Waals surface area (Å²) in [7, 11) is 1.38. The van der Waals surface area contributed by atoms with Gasteiger partial charge < -0.3 is 20.1 Å². The van der Waals surface area contributed by atoms with Crippen LogP contribution in [0.1, 0.15) is 6.92 Å². The SMILES string of the molecule is COc1ccc([N+](=O)[O-])cc1NC(=O)[C@@H](C)Nc1ccc(OC(F)F)cc1. The van der Waals surface area contributed by atoms with E-state index in [1.807, 2.05) is 0 Å². The zero-order valence-corrected chi connectivity index (χ0v) is 14.4. The number of nitrogens with one attached hydrogen (secondary N) is 2. The number of halogens is 2. The van der Waals surface area contributed by atoms with Gasteiger partial charge >= 0.3 is 6.61 Å². The second-order valence-corrected chi connectivity index (χ2v) is 5.40. The smallest absolute Gasteiger partial charge is 0.387 e. The maximum absolute atomic E-state index is 12.4. The molecule has 0 saturated carbocycles. The lowest BCUT2D eigenvalue weighted by Crippen LogP contribution is -2.32. The molecule has 0 radical (unpaired) electrons. The van der Waals surface area contributed by atoms with Gasteiger partial charge in [-0.1, -0.05) is 0 Å². The molecule has 2 rings (SSSR count). The van der Waals surface area contributed by atoms with Gasteiger partial charge in [0.05, 0.1) is 17.7 Å². The molecule has 2 aromatic carbocycles. The van der Waals surface area contributed by atoms with Crippen molar-refractivity contribution >= 4 is 23.0 Å². The molecule has 27 heavy (non-hydrogen) atoms. The number of methoxy groups -OCH3 is 1. The molecule has 2 aromatic rings. The van der Waals surface area contributed by atoms with Crippen molar-refractivity contribution in [1.82, 2.24) is 0 Å². The Morgan fingerprint density at radius 3 is 2.41 bits per heavy atom. The van der Waals surface area contributed by atoms with E-state index in [9.17, 15) is 23.7 Å². The number of nitrogens with zero attached hydrogens (tertiary/aromatic N) is 1. The molecule has 0 aliphatic carbocycles. The largest absolute Gasteiger partial charge is 0.495 e. The first kappa shape index (κ1) is 19.9. The zero-order valence-electron chi connectivity index (χ0n) is 14.4. The number of amides is 1. The Labute approximate surface area is 153 Å². The van der Waals surface area contributed by atoms with E-state index in [1.54, 1.807) is 6.92 Å². The van der Waals surface area contributed by atoms with Crippen LogP contribution in [-0.4, -0.2) is 30.6 Å². The van der Waals surface area contributed by atoms with Crippen LogP contribution >= 0.6 is 0 Å². The normalized spacial score (nSPS) is 11.6. The molecule has 1 amide bonds. The average Bonchev–Trinajstić information content (AvgIpc) is 2.62. The summed E-state index contributed by atoms with van der Waals surface area (Å²) in [6, 6.07) is 8.75. The van der Waals surface area contributed by atoms with Gasteiger partial charge in [0, 0.05) is 17.8 Å². The number of rotatable bonds is 8. The fraction of sp³-hybridized carbons (Fsp3) is 0.235. The van der Waals surface area contributed by atoms with E-state index < -0.39 is 23.5 Å². The lowest BCUT2D eigenvalue weighted by Gasteiger charge is -2.17. The number of nitro benzene ring substituents is 1. The third kappa shape index (κ3) is 5.53. The average molecular weight is 381 g/mol. The molecule has 2 N–H and O–H groups in total. The summed E-state index contributed by atoms with van der Waals surface area (Å²) in [5, 5.41) is 16.3. The molecule has 0 aliphatic heterocycles. The summed E-state index contributed by atoms with van der Waals surface area (Å²) in [5.41, 5.74) is 0.470. The number of non-ortho nitro benzene ring substituents is 1. The van der Waals surface area contributed by atoms with Crippen molar-refractivity contribution in [3.63, 3.8) is 0 Å². The number of benzene rings is 2. The van der Waals surface area contributed by atoms with Crippen LogP contribution in [0, 0.1) is 10.1 Å². The third-order valence-electron chi connectivity index (χ3n) is 3.51. The molecule has 0 bridgehead atoms. The Morgan fingerprint density at radius 2 is 1.85 bits per heavy atom. The first-order valence-corrected chi connectivity index (χ1v) is 7.75. The first-order chi connectivity index (χ1) is 12.8. The number of nitro groups is 1. The molecule has 0 heterocycles. The standard InChI is InChI=1S/C17H17F2N3O5/c1-10(20-11-3-6-13(7-4-11)27-17(18)19)16(23)21-14-9-12(22(24)25)5-8-15(14)26-2/h3-10,17,20H,1-2H3,(H,21,23)/t10-/m1/s1. The van der Waals surface area contributed by atoms with E-state index in [2.05, 4.69) is 15.4 Å². The highest BCUT2D eigenvalue weighted by molar-refractivity contribution is 5.97. The Hall–Kier alpha value is -3.43. The van der Waals surface area contributed by atoms with Crippen LogP contribution in [0.5, 0.6) is 11.5 Å². The van der Waals surface area contributed by atoms with E-state index in [0.717, 1.165) is 0 Å². The maximum atomic E-state index is 12.4. The summed E-state index contributed by atoms with van der Waals surface area (Å²) >= 11 is 0. The second kappa shape index (κ2) is 8.79. The molecule has 0 aromatic heterocycles. The van der Waals surface area contributed by atoms with Gasteiger partial charge in [0.1, 0.15) is 17.5 Å². The summed E-state index contributed by atoms with van der Waals surface area (Å²) in [4.78, 5) is 22.7. The summed E-state index contributed by atoms with van der Waals surface area (Å²) in [6.45, 7) is -1.35. The minimum absolute atomic E-state index is 0.00557. The van der Waals surface area contributed by atoms with Gasteiger partial charge in [-0.3, -0.25) is 14.9 Å². The number of alkyl halides is 2. The van der Waals surface area contributed by atoms with Crippen LogP contribution in [0.3, 0.4) is 0 Å². The summed E-state index contributed by atoms with van der Waals surface area (Å²) < 4.78 is 33.6. The van der Waals surface area contributed by atoms with Crippen molar-refractivity contribution in [3.05, 3.63) is 52.6 Å². The van der Waals surface area contributed by atoms with Crippen molar-refractivity contribution in [2.24, 2.45) is 0 Å². The minimum Gasteiger partial charge on any atom is -0.495 e. The Balaban J connectivity index is 2.05. The summed E-state index contributed by atoms with van der Waals surface area (Å²) in [6.07, 6.45) is 0. The fourth-order valence-corrected chi connectivity index (χ4v) is 2.20. The molecular formula is C17H17F2N3O5. The molecule has 0 unspecified atom stereocenters. The van der Waals surface area contributed by atoms with Crippen LogP contribution in [0.25, 0.3) is 0 Å². The van der Waals surface area contributed by atoms with Crippen LogP contribution in [0.2, 0.25) is 0 Å². The van der Waals surface area contributed by atoms with Crippen molar-refractivity contribution in [2.75, 3.05) is 17.7 Å². The lowest BCUT2D eigenvalue weighted by molar-refractivity contribution is -0.384.